The van der Waals surface area contributed by atoms with Gasteiger partial charge in [-0.05, 0) is 62.9 Å². The van der Waals surface area contributed by atoms with Crippen molar-refractivity contribution in [3.05, 3.63) is 54.1 Å². The Kier molecular flexibility index (Phi) is 7.59. The van der Waals surface area contributed by atoms with Crippen LogP contribution >= 0.6 is 0 Å². The average Bonchev–Trinajstić information content (AvgIpc) is 2.80. The fraction of sp³-hybridized carbons (Fsp3) is 0.333. The number of hydrogen-bond donors (Lipinski definition) is 0. The van der Waals surface area contributed by atoms with Crippen molar-refractivity contribution in [3.63, 3.8) is 0 Å². The van der Waals surface area contributed by atoms with Crippen LogP contribution in [0.2, 0.25) is 0 Å². The van der Waals surface area contributed by atoms with E-state index >= 15 is 0 Å². The largest absolute Gasteiger partial charge is 0.513 e. The molecule has 0 saturated heterocycles. The van der Waals surface area contributed by atoms with Crippen LogP contribution in [-0.2, 0) is 14.3 Å². The predicted molar refractivity (Wildman–Crippen MR) is 113 cm³/mol. The lowest BCUT2D eigenvalue weighted by atomic mass is 9.82. The van der Waals surface area contributed by atoms with Crippen LogP contribution in [0.4, 0.5) is 4.79 Å². The first-order valence-electron chi connectivity index (χ1n) is 10.3. The van der Waals surface area contributed by atoms with Crippen molar-refractivity contribution in [2.24, 2.45) is 11.8 Å². The number of ketones is 1. The van der Waals surface area contributed by atoms with E-state index in [1.807, 2.05) is 6.07 Å². The summed E-state index contributed by atoms with van der Waals surface area (Å²) in [4.78, 5) is 48.3. The monoisotopic (exact) mass is 440 g/mol. The Morgan fingerprint density at radius 3 is 1.91 bits per heavy atom. The average molecular weight is 440 g/mol. The summed E-state index contributed by atoms with van der Waals surface area (Å²) in [7, 11) is 1.17. The van der Waals surface area contributed by atoms with E-state index in [2.05, 4.69) is 4.74 Å². The summed E-state index contributed by atoms with van der Waals surface area (Å²) in [5, 5.41) is 0. The molecule has 32 heavy (non-hydrogen) atoms. The molecule has 8 heteroatoms. The summed E-state index contributed by atoms with van der Waals surface area (Å²) >= 11 is 0. The standard InChI is InChI=1S/C24H24O8/c1-15(25)20-14-19(31-24(28)29-2)12-13-21(20)32-23(27)17-10-8-16(9-11-17)22(26)30-18-6-4-3-5-7-18/h3-7,12-14,16-17H,8-11H2,1-2H3. The topological polar surface area (TPSA) is 105 Å². The van der Waals surface area contributed by atoms with Crippen molar-refractivity contribution >= 4 is 23.9 Å². The molecule has 2 aromatic carbocycles. The van der Waals surface area contributed by atoms with Crippen molar-refractivity contribution in [3.8, 4) is 17.2 Å². The minimum Gasteiger partial charge on any atom is -0.437 e. The Morgan fingerprint density at radius 1 is 0.750 bits per heavy atom. The summed E-state index contributed by atoms with van der Waals surface area (Å²) in [5.74, 6) is -1.11. The normalized spacial score (nSPS) is 17.7. The first-order chi connectivity index (χ1) is 15.4. The van der Waals surface area contributed by atoms with Crippen LogP contribution in [-0.4, -0.2) is 31.0 Å². The molecule has 0 heterocycles. The molecule has 2 aromatic rings. The van der Waals surface area contributed by atoms with Gasteiger partial charge in [0.1, 0.15) is 17.2 Å². The molecular formula is C24H24O8. The summed E-state index contributed by atoms with van der Waals surface area (Å²) in [6, 6.07) is 13.0. The minimum atomic E-state index is -0.924. The van der Waals surface area contributed by atoms with E-state index in [1.54, 1.807) is 24.3 Å². The smallest absolute Gasteiger partial charge is 0.437 e. The predicted octanol–water partition coefficient (Wildman–Crippen LogP) is 4.35. The molecule has 1 saturated carbocycles. The minimum absolute atomic E-state index is 0.0883. The Bertz CT molecular complexity index is 990. The van der Waals surface area contributed by atoms with E-state index in [-0.39, 0.29) is 40.7 Å². The van der Waals surface area contributed by atoms with Gasteiger partial charge in [0, 0.05) is 0 Å². The molecule has 3 rings (SSSR count). The van der Waals surface area contributed by atoms with Gasteiger partial charge in [0.15, 0.2) is 5.78 Å². The van der Waals surface area contributed by atoms with Gasteiger partial charge in [-0.1, -0.05) is 18.2 Å². The van der Waals surface area contributed by atoms with Gasteiger partial charge in [0.25, 0.3) is 0 Å². The van der Waals surface area contributed by atoms with Crippen LogP contribution in [0.1, 0.15) is 43.0 Å². The highest BCUT2D eigenvalue weighted by molar-refractivity contribution is 5.98. The maximum absolute atomic E-state index is 12.7. The molecule has 168 valence electrons. The molecule has 0 atom stereocenters. The third kappa shape index (κ3) is 5.94. The molecule has 0 aliphatic heterocycles. The van der Waals surface area contributed by atoms with Crippen LogP contribution in [0.15, 0.2) is 48.5 Å². The maximum atomic E-state index is 12.7. The van der Waals surface area contributed by atoms with E-state index in [9.17, 15) is 19.2 Å². The van der Waals surface area contributed by atoms with Crippen LogP contribution in [0.3, 0.4) is 0 Å². The zero-order valence-corrected chi connectivity index (χ0v) is 17.9. The third-order valence-electron chi connectivity index (χ3n) is 5.26. The second-order valence-corrected chi connectivity index (χ2v) is 7.47. The number of ether oxygens (including phenoxy) is 4. The van der Waals surface area contributed by atoms with Crippen molar-refractivity contribution in [2.45, 2.75) is 32.6 Å². The van der Waals surface area contributed by atoms with E-state index in [0.717, 1.165) is 0 Å². The zero-order valence-electron chi connectivity index (χ0n) is 17.9. The van der Waals surface area contributed by atoms with Gasteiger partial charge in [-0.15, -0.1) is 0 Å². The third-order valence-corrected chi connectivity index (χ3v) is 5.26. The molecule has 0 unspecified atom stereocenters. The molecule has 0 N–H and O–H groups in total. The molecule has 1 aliphatic carbocycles. The van der Waals surface area contributed by atoms with Crippen molar-refractivity contribution in [2.75, 3.05) is 7.11 Å². The Labute approximate surface area is 185 Å². The van der Waals surface area contributed by atoms with Crippen LogP contribution in [0.25, 0.3) is 0 Å². The van der Waals surface area contributed by atoms with Crippen LogP contribution in [0.5, 0.6) is 17.2 Å². The highest BCUT2D eigenvalue weighted by Gasteiger charge is 2.32. The quantitative estimate of drug-likeness (QED) is 0.283. The molecular weight excluding hydrogens is 416 g/mol. The molecule has 0 amide bonds. The van der Waals surface area contributed by atoms with Gasteiger partial charge in [0.05, 0.1) is 24.5 Å². The van der Waals surface area contributed by atoms with Gasteiger partial charge >= 0.3 is 18.1 Å². The Balaban J connectivity index is 1.58. The van der Waals surface area contributed by atoms with Crippen molar-refractivity contribution in [1.29, 1.82) is 0 Å². The molecule has 1 fully saturated rings. The number of benzene rings is 2. The van der Waals surface area contributed by atoms with Gasteiger partial charge < -0.3 is 18.9 Å². The number of rotatable bonds is 6. The molecule has 0 bridgehead atoms. The molecule has 0 spiro atoms. The molecule has 1 aliphatic rings. The lowest BCUT2D eigenvalue weighted by Crippen LogP contribution is -2.30. The van der Waals surface area contributed by atoms with Crippen LogP contribution < -0.4 is 14.2 Å². The Hall–Kier alpha value is -3.68. The van der Waals surface area contributed by atoms with Gasteiger partial charge in [0.2, 0.25) is 0 Å². The van der Waals surface area contributed by atoms with E-state index in [1.165, 1.54) is 32.2 Å². The molecule has 8 nitrogen and oxygen atoms in total. The van der Waals surface area contributed by atoms with Crippen molar-refractivity contribution < 1.29 is 38.1 Å². The fourth-order valence-electron chi connectivity index (χ4n) is 3.52. The number of esters is 2. The van der Waals surface area contributed by atoms with E-state index in [0.29, 0.717) is 31.4 Å². The number of carbonyl (C=O) groups is 4. The Morgan fingerprint density at radius 2 is 1.34 bits per heavy atom. The van der Waals surface area contributed by atoms with Gasteiger partial charge in [-0.25, -0.2) is 4.79 Å². The van der Waals surface area contributed by atoms with E-state index < -0.39 is 12.1 Å². The lowest BCUT2D eigenvalue weighted by Gasteiger charge is -2.26. The number of Topliss-reactive ketones (excluding diaryl/α,β-unsaturated/α-hetero) is 1. The zero-order chi connectivity index (χ0) is 23.1. The van der Waals surface area contributed by atoms with Gasteiger partial charge in [-0.2, -0.15) is 0 Å². The summed E-state index contributed by atoms with van der Waals surface area (Å²) in [5.41, 5.74) is 0.111. The first kappa shape index (κ1) is 23.0. The van der Waals surface area contributed by atoms with Gasteiger partial charge in [-0.3, -0.25) is 14.4 Å². The maximum Gasteiger partial charge on any atom is 0.513 e. The molecule has 0 radical (unpaired) electrons. The van der Waals surface area contributed by atoms with Crippen molar-refractivity contribution in [1.82, 2.24) is 0 Å². The number of hydrogen-bond acceptors (Lipinski definition) is 8. The lowest BCUT2D eigenvalue weighted by molar-refractivity contribution is -0.145. The molecule has 0 aromatic heterocycles. The highest BCUT2D eigenvalue weighted by Crippen LogP contribution is 2.32. The highest BCUT2D eigenvalue weighted by atomic mass is 16.7. The number of methoxy groups -OCH3 is 1. The second-order valence-electron chi connectivity index (χ2n) is 7.47. The SMILES string of the molecule is COC(=O)Oc1ccc(OC(=O)C2CCC(C(=O)Oc3ccccc3)CC2)c(C(C)=O)c1. The van der Waals surface area contributed by atoms with Crippen LogP contribution in [0, 0.1) is 11.8 Å². The van der Waals surface area contributed by atoms with E-state index in [4.69, 9.17) is 14.2 Å². The summed E-state index contributed by atoms with van der Waals surface area (Å²) in [6.07, 6.45) is 1.05. The first-order valence-corrected chi connectivity index (χ1v) is 10.3. The number of para-hydroxylation sites is 1. The number of carbonyl (C=O) groups excluding carboxylic acids is 4. The second kappa shape index (κ2) is 10.6. The summed E-state index contributed by atoms with van der Waals surface area (Å²) in [6.45, 7) is 1.32. The summed E-state index contributed by atoms with van der Waals surface area (Å²) < 4.78 is 20.2. The fourth-order valence-corrected chi connectivity index (χ4v) is 3.52.